The van der Waals surface area contributed by atoms with Crippen LogP contribution in [0, 0.1) is 0 Å². The lowest BCUT2D eigenvalue weighted by molar-refractivity contribution is 0.198. The second kappa shape index (κ2) is 5.01. The van der Waals surface area contributed by atoms with Gasteiger partial charge in [0, 0.05) is 13.1 Å². The molecule has 1 aliphatic rings. The van der Waals surface area contributed by atoms with E-state index in [9.17, 15) is 5.11 Å². The summed E-state index contributed by atoms with van der Waals surface area (Å²) in [7, 11) is 0. The van der Waals surface area contributed by atoms with Crippen LogP contribution >= 0.6 is 11.6 Å². The Labute approximate surface area is 105 Å². The zero-order valence-corrected chi connectivity index (χ0v) is 10.6. The van der Waals surface area contributed by atoms with Gasteiger partial charge in [-0.3, -0.25) is 0 Å². The maximum absolute atomic E-state index is 9.47. The summed E-state index contributed by atoms with van der Waals surface area (Å²) in [5.41, 5.74) is 0. The highest BCUT2D eigenvalue weighted by Crippen LogP contribution is 2.20. The minimum atomic E-state index is -0.333. The number of ether oxygens (including phenoxy) is 1. The molecule has 0 saturated carbocycles. The van der Waals surface area contributed by atoms with Crippen LogP contribution in [0.25, 0.3) is 0 Å². The van der Waals surface area contributed by atoms with E-state index in [0.29, 0.717) is 25.5 Å². The Morgan fingerprint density at radius 2 is 2.18 bits per heavy atom. The van der Waals surface area contributed by atoms with Gasteiger partial charge in [-0.15, -0.1) is 0 Å². The molecule has 1 atom stereocenters. The van der Waals surface area contributed by atoms with E-state index in [1.54, 1.807) is 0 Å². The molecule has 94 valence electrons. The Morgan fingerprint density at radius 1 is 1.41 bits per heavy atom. The minimum Gasteiger partial charge on any atom is -0.461 e. The molecule has 1 aliphatic heterocycles. The van der Waals surface area contributed by atoms with Gasteiger partial charge in [-0.25, -0.2) is 0 Å². The van der Waals surface area contributed by atoms with Crippen molar-refractivity contribution in [3.05, 3.63) is 5.28 Å². The molecule has 0 spiro atoms. The molecule has 1 fully saturated rings. The van der Waals surface area contributed by atoms with Gasteiger partial charge in [-0.1, -0.05) is 0 Å². The topological polar surface area (TPSA) is 71.4 Å². The first kappa shape index (κ1) is 12.3. The number of hydrogen-bond acceptors (Lipinski definition) is 6. The summed E-state index contributed by atoms with van der Waals surface area (Å²) in [6.45, 7) is 5.00. The maximum atomic E-state index is 9.47. The monoisotopic (exact) mass is 258 g/mol. The van der Waals surface area contributed by atoms with Crippen LogP contribution in [0.2, 0.25) is 5.28 Å². The number of rotatable bonds is 3. The minimum absolute atomic E-state index is 0.0227. The lowest BCUT2D eigenvalue weighted by Gasteiger charge is -2.16. The van der Waals surface area contributed by atoms with Crippen molar-refractivity contribution in [1.82, 2.24) is 15.0 Å². The summed E-state index contributed by atoms with van der Waals surface area (Å²) >= 11 is 5.82. The molecular weight excluding hydrogens is 244 g/mol. The number of aliphatic hydroxyl groups excluding tert-OH is 1. The molecule has 0 aromatic carbocycles. The summed E-state index contributed by atoms with van der Waals surface area (Å²) in [4.78, 5) is 14.0. The molecule has 1 aromatic rings. The largest absolute Gasteiger partial charge is 0.461 e. The number of hydrogen-bond donors (Lipinski definition) is 1. The second-order valence-electron chi connectivity index (χ2n) is 4.24. The van der Waals surface area contributed by atoms with Gasteiger partial charge in [0.05, 0.1) is 12.2 Å². The first-order valence-electron chi connectivity index (χ1n) is 5.56. The second-order valence-corrected chi connectivity index (χ2v) is 4.58. The first-order chi connectivity index (χ1) is 8.04. The van der Waals surface area contributed by atoms with Crippen molar-refractivity contribution in [3.63, 3.8) is 0 Å². The van der Waals surface area contributed by atoms with Gasteiger partial charge in [-0.05, 0) is 31.9 Å². The zero-order valence-electron chi connectivity index (χ0n) is 9.80. The van der Waals surface area contributed by atoms with E-state index in [2.05, 4.69) is 15.0 Å². The summed E-state index contributed by atoms with van der Waals surface area (Å²) in [6, 6.07) is 0.219. The van der Waals surface area contributed by atoms with Gasteiger partial charge >= 0.3 is 6.01 Å². The fourth-order valence-electron chi connectivity index (χ4n) is 1.65. The van der Waals surface area contributed by atoms with Gasteiger partial charge in [-0.2, -0.15) is 15.0 Å². The van der Waals surface area contributed by atoms with E-state index < -0.39 is 0 Å². The van der Waals surface area contributed by atoms with Gasteiger partial charge in [0.2, 0.25) is 11.2 Å². The van der Waals surface area contributed by atoms with Crippen LogP contribution in [-0.4, -0.2) is 45.4 Å². The average molecular weight is 259 g/mol. The van der Waals surface area contributed by atoms with Crippen molar-refractivity contribution in [2.45, 2.75) is 32.5 Å². The zero-order chi connectivity index (χ0) is 12.4. The number of aliphatic hydroxyl groups is 1. The summed E-state index contributed by atoms with van der Waals surface area (Å²) < 4.78 is 5.39. The molecule has 6 nitrogen and oxygen atoms in total. The van der Waals surface area contributed by atoms with Crippen LogP contribution in [0.1, 0.15) is 20.3 Å². The number of β-amino-alcohol motifs (C(OH)–C–C–N with tert-alkyl or cyclic N) is 1. The molecule has 7 heteroatoms. The van der Waals surface area contributed by atoms with Gasteiger partial charge in [0.25, 0.3) is 0 Å². The van der Waals surface area contributed by atoms with Crippen molar-refractivity contribution in [2.24, 2.45) is 0 Å². The fourth-order valence-corrected chi connectivity index (χ4v) is 1.80. The van der Waals surface area contributed by atoms with Crippen LogP contribution in [0.4, 0.5) is 5.95 Å². The molecule has 0 aliphatic carbocycles. The molecule has 0 bridgehead atoms. The van der Waals surface area contributed by atoms with Crippen molar-refractivity contribution in [2.75, 3.05) is 18.0 Å². The SMILES string of the molecule is CC(C)Oc1nc(Cl)nc(N2CCC(O)C2)n1. The third kappa shape index (κ3) is 3.17. The first-order valence-corrected chi connectivity index (χ1v) is 5.93. The highest BCUT2D eigenvalue weighted by atomic mass is 35.5. The van der Waals surface area contributed by atoms with Crippen LogP contribution in [0.15, 0.2) is 0 Å². The van der Waals surface area contributed by atoms with Crippen LogP contribution in [-0.2, 0) is 0 Å². The predicted molar refractivity (Wildman–Crippen MR) is 63.4 cm³/mol. The summed E-state index contributed by atoms with van der Waals surface area (Å²) in [5, 5.41) is 9.57. The Hall–Kier alpha value is -1.14. The Balaban J connectivity index is 2.19. The van der Waals surface area contributed by atoms with E-state index in [4.69, 9.17) is 16.3 Å². The average Bonchev–Trinajstić information content (AvgIpc) is 2.62. The molecule has 2 rings (SSSR count). The summed E-state index contributed by atoms with van der Waals surface area (Å²) in [6.07, 6.45) is 0.356. The Morgan fingerprint density at radius 3 is 2.76 bits per heavy atom. The molecule has 1 unspecified atom stereocenters. The van der Waals surface area contributed by atoms with Crippen LogP contribution in [0.5, 0.6) is 6.01 Å². The van der Waals surface area contributed by atoms with Gasteiger partial charge < -0.3 is 14.7 Å². The highest BCUT2D eigenvalue weighted by Gasteiger charge is 2.23. The predicted octanol–water partition coefficient (Wildman–Crippen LogP) is 0.883. The number of anilines is 1. The molecule has 1 saturated heterocycles. The number of halogens is 1. The third-order valence-electron chi connectivity index (χ3n) is 2.36. The van der Waals surface area contributed by atoms with Crippen molar-refractivity contribution in [1.29, 1.82) is 0 Å². The third-order valence-corrected chi connectivity index (χ3v) is 2.53. The standard InChI is InChI=1S/C10H15ClN4O2/c1-6(2)17-10-13-8(11)12-9(14-10)15-4-3-7(16)5-15/h6-7,16H,3-5H2,1-2H3. The fraction of sp³-hybridized carbons (Fsp3) is 0.700. The normalized spacial score (nSPS) is 20.1. The lowest BCUT2D eigenvalue weighted by atomic mass is 10.3. The summed E-state index contributed by atoms with van der Waals surface area (Å²) in [5.74, 6) is 0.456. The lowest BCUT2D eigenvalue weighted by Crippen LogP contribution is -2.24. The highest BCUT2D eigenvalue weighted by molar-refractivity contribution is 6.28. The van der Waals surface area contributed by atoms with Gasteiger partial charge in [0.15, 0.2) is 0 Å². The van der Waals surface area contributed by atoms with E-state index in [-0.39, 0.29) is 23.5 Å². The molecule has 17 heavy (non-hydrogen) atoms. The van der Waals surface area contributed by atoms with Crippen molar-refractivity contribution in [3.8, 4) is 6.01 Å². The van der Waals surface area contributed by atoms with E-state index in [0.717, 1.165) is 0 Å². The van der Waals surface area contributed by atoms with Gasteiger partial charge in [0.1, 0.15) is 0 Å². The van der Waals surface area contributed by atoms with Crippen LogP contribution in [0.3, 0.4) is 0 Å². The molecule has 0 radical (unpaired) electrons. The van der Waals surface area contributed by atoms with E-state index >= 15 is 0 Å². The Kier molecular flexibility index (Phi) is 3.63. The molecule has 1 N–H and O–H groups in total. The van der Waals surface area contributed by atoms with E-state index in [1.807, 2.05) is 18.7 Å². The number of nitrogens with zero attached hydrogens (tertiary/aromatic N) is 4. The quantitative estimate of drug-likeness (QED) is 0.868. The van der Waals surface area contributed by atoms with Crippen molar-refractivity contribution >= 4 is 17.5 Å². The molecule has 2 heterocycles. The van der Waals surface area contributed by atoms with E-state index in [1.165, 1.54) is 0 Å². The molecule has 0 amide bonds. The Bertz CT molecular complexity index is 402. The maximum Gasteiger partial charge on any atom is 0.322 e. The van der Waals surface area contributed by atoms with Crippen LogP contribution < -0.4 is 9.64 Å². The molecular formula is C10H15ClN4O2. The number of aromatic nitrogens is 3. The van der Waals surface area contributed by atoms with Crippen molar-refractivity contribution < 1.29 is 9.84 Å². The smallest absolute Gasteiger partial charge is 0.322 e. The molecule has 1 aromatic heterocycles.